The molecular formula is C93H123N5O9. The number of primary amides is 1. The highest BCUT2D eigenvalue weighted by Crippen LogP contribution is 2.79. The summed E-state index contributed by atoms with van der Waals surface area (Å²) >= 11 is 0. The van der Waals surface area contributed by atoms with E-state index in [-0.39, 0.29) is 165 Å². The van der Waals surface area contributed by atoms with E-state index in [0.29, 0.717) is 19.3 Å². The zero-order valence-corrected chi connectivity index (χ0v) is 68.6. The lowest BCUT2D eigenvalue weighted by Crippen LogP contribution is -2.64. The first kappa shape index (κ1) is 78.5. The van der Waals surface area contributed by atoms with Crippen molar-refractivity contribution in [2.24, 2.45) is 156 Å². The van der Waals surface area contributed by atoms with Crippen LogP contribution in [-0.4, -0.2) is 51.7 Å². The molecule has 0 saturated heterocycles. The minimum atomic E-state index is -0.793. The van der Waals surface area contributed by atoms with Crippen LogP contribution in [0.3, 0.4) is 0 Å². The summed E-state index contributed by atoms with van der Waals surface area (Å²) in [5, 5.41) is 29.9. The number of fused-ring (bicyclic) bond motifs is 21. The van der Waals surface area contributed by atoms with Gasteiger partial charge in [-0.25, -0.2) is 9.69 Å². The van der Waals surface area contributed by atoms with E-state index in [4.69, 9.17) is 18.9 Å². The van der Waals surface area contributed by atoms with Gasteiger partial charge in [-0.1, -0.05) is 166 Å². The third-order valence-electron chi connectivity index (χ3n) is 37.5. The SMILES string of the molecule is CC1(C)C(=O)C(C#N)=C[C@]2(C)C3=CC(=O)[C@@H]4[C@@H]5C[C@@](C)(C#N)CC[C@]5(C)CC[C@@]4(C)[C@]3(C)CC[C@@H]12.[C-]#[N+]C1=C[C@]2(C)C3=CC(=O)[C@@H]4[C@@H]5C[C@@](C)(C(=O)O)CC[C@]5(C)CC[C@@]4(C)[C@]3(C)CC[C@H]2C(C)(C)C1=O.[C-]#[N+]C1=C[C@]2(C)C3=CC(=O)[C@@H]4[C@@H]5C[C@@](C)(C(N)=O)CC[C@]5(C)CC[C@@]4(C)[C@]3(C)CC[C@H]2C(C)(C)C1=O. The van der Waals surface area contributed by atoms with E-state index < -0.39 is 49.3 Å². The molecule has 14 nitrogen and oxygen atoms in total. The summed E-state index contributed by atoms with van der Waals surface area (Å²) in [7, 11) is 0. The van der Waals surface area contributed by atoms with E-state index in [1.807, 2.05) is 91.8 Å². The maximum absolute atomic E-state index is 14.3. The highest BCUT2D eigenvalue weighted by molar-refractivity contribution is 6.06. The van der Waals surface area contributed by atoms with Crippen molar-refractivity contribution in [1.29, 1.82) is 10.5 Å². The molecule has 0 heterocycles. The number of ketones is 6. The second kappa shape index (κ2) is 23.7. The van der Waals surface area contributed by atoms with Gasteiger partial charge in [-0.2, -0.15) is 10.5 Å². The van der Waals surface area contributed by atoms with Gasteiger partial charge in [0.05, 0.1) is 35.6 Å². The van der Waals surface area contributed by atoms with E-state index in [1.165, 1.54) is 0 Å². The van der Waals surface area contributed by atoms with Crippen molar-refractivity contribution in [3.63, 3.8) is 0 Å². The van der Waals surface area contributed by atoms with E-state index in [9.17, 15) is 54.0 Å². The number of nitrogens with two attached hydrogens (primary N) is 1. The Bertz CT molecular complexity index is 4250. The second-order valence-electron chi connectivity index (χ2n) is 43.6. The summed E-state index contributed by atoms with van der Waals surface area (Å²) in [5.74, 6) is -0.617. The van der Waals surface area contributed by atoms with Gasteiger partial charge in [0.2, 0.25) is 17.3 Å². The lowest BCUT2D eigenvalue weighted by atomic mass is 9.34. The number of nitriles is 2. The van der Waals surface area contributed by atoms with Crippen LogP contribution >= 0.6 is 0 Å². The van der Waals surface area contributed by atoms with Crippen molar-refractivity contribution in [2.75, 3.05) is 0 Å². The highest BCUT2D eigenvalue weighted by atomic mass is 16.4. The van der Waals surface area contributed by atoms with Crippen LogP contribution in [0.15, 0.2) is 70.1 Å². The standard InChI is InChI=1S/C31H42N2O3.C31H40N2O2.C31H41NO4/c1-26(2)21-9-10-30(6)22(29(21,5)17-19(33-8)24(26)35)15-20(34)23-18-16-28(4,25(32)36)12-11-27(18,3)13-14-31(23,30)7;1-26(2)22-8-9-30(6)23(29(22,5)15-19(17-32)25(26)35)14-21(34)24-20-16-27(3,18-33)10-11-28(20,4)12-13-31(24,30)7;1-26(2)21-9-10-30(6)22(29(21,5)17-19(32-8)24(26)34)15-20(33)23-18-16-28(4,25(35)36)12-11-27(18,3)13-14-31(23,30)7/h15,17-18,21,23H,9-14,16H2,1-7H3,(H2,32,36);14-15,20,22,24H,8-13,16H2,1-7H3;15,17-18,21,23H,9-14,16H2,1-7H3,(H,35,36)/t18-,21-,23-,27+,28-,29-,30+,31+;20-,22-,24-,27-,28+,29-,30+,31+;18-,21-,23-,27+,28-,29-,30+,31+/m000/s1. The fourth-order valence-electron chi connectivity index (χ4n) is 29.6. The first-order chi connectivity index (χ1) is 49.1. The summed E-state index contributed by atoms with van der Waals surface area (Å²) in [5.41, 5.74) is 3.40. The molecule has 9 fully saturated rings. The topological polar surface area (TPSA) is 239 Å². The molecule has 15 aliphatic carbocycles. The smallest absolute Gasteiger partial charge is 0.309 e. The number of allylic oxidation sites excluding steroid dienone is 12. The number of hydrogen-bond donors (Lipinski definition) is 2. The highest BCUT2D eigenvalue weighted by Gasteiger charge is 2.74. The average Bonchev–Trinajstić information content (AvgIpc) is 0.681. The van der Waals surface area contributed by atoms with E-state index in [0.717, 1.165) is 132 Å². The van der Waals surface area contributed by atoms with Crippen LogP contribution in [0.4, 0.5) is 0 Å². The van der Waals surface area contributed by atoms with Crippen LogP contribution in [0.1, 0.15) is 280 Å². The van der Waals surface area contributed by atoms with Crippen LogP contribution in [-0.2, 0) is 38.4 Å². The molecule has 0 aromatic rings. The lowest BCUT2D eigenvalue weighted by molar-refractivity contribution is -0.178. The van der Waals surface area contributed by atoms with Gasteiger partial charge >= 0.3 is 5.97 Å². The lowest BCUT2D eigenvalue weighted by Gasteiger charge is -2.69. The summed E-state index contributed by atoms with van der Waals surface area (Å²) in [6.07, 6.45) is 30.1. The summed E-state index contributed by atoms with van der Waals surface area (Å²) in [6, 6.07) is 4.77. The molecule has 0 unspecified atom stereocenters. The van der Waals surface area contributed by atoms with Crippen molar-refractivity contribution in [2.45, 2.75) is 280 Å². The molecule has 0 spiro atoms. The Morgan fingerprint density at radius 2 is 0.738 bits per heavy atom. The predicted molar refractivity (Wildman–Crippen MR) is 411 cm³/mol. The number of carbonyl (C=O) groups is 8. The van der Waals surface area contributed by atoms with Crippen LogP contribution in [0.2, 0.25) is 0 Å². The van der Waals surface area contributed by atoms with Crippen molar-refractivity contribution < 1.29 is 43.5 Å². The first-order valence-electron chi connectivity index (χ1n) is 40.8. The first-order valence-corrected chi connectivity index (χ1v) is 40.8. The molecular weight excluding hydrogens is 1330 g/mol. The molecule has 0 radical (unpaired) electrons. The van der Waals surface area contributed by atoms with Crippen LogP contribution in [0.25, 0.3) is 9.69 Å². The van der Waals surface area contributed by atoms with Gasteiger partial charge in [0, 0.05) is 55.7 Å². The molecule has 0 aliphatic heterocycles. The largest absolute Gasteiger partial charge is 0.481 e. The number of Topliss-reactive ketones (excluding diaryl/α,β-unsaturated/α-hetero) is 3. The van der Waals surface area contributed by atoms with Gasteiger partial charge in [-0.05, 0) is 251 Å². The number of rotatable bonds is 2. The number of amides is 1. The Labute approximate surface area is 639 Å². The Balaban J connectivity index is 0.000000142. The number of nitrogens with zero attached hydrogens (tertiary/aromatic N) is 4. The van der Waals surface area contributed by atoms with Crippen molar-refractivity contribution in [3.05, 3.63) is 93.0 Å². The number of carboxylic acids is 1. The Hall–Kier alpha value is -6.64. The number of aliphatic carboxylic acids is 1. The van der Waals surface area contributed by atoms with Gasteiger partial charge < -0.3 is 20.4 Å². The fraction of sp³-hybridized carbons (Fsp3) is 0.742. The molecule has 15 aliphatic rings. The monoisotopic (exact) mass is 1450 g/mol. The zero-order valence-electron chi connectivity index (χ0n) is 68.6. The fourth-order valence-corrected chi connectivity index (χ4v) is 29.6. The maximum Gasteiger partial charge on any atom is 0.309 e. The molecule has 24 atom stereocenters. The maximum atomic E-state index is 14.3. The Kier molecular flexibility index (Phi) is 17.4. The molecule has 14 heteroatoms. The van der Waals surface area contributed by atoms with E-state index >= 15 is 0 Å². The predicted octanol–water partition coefficient (Wildman–Crippen LogP) is 19.4. The molecule has 574 valence electrons. The summed E-state index contributed by atoms with van der Waals surface area (Å²) in [4.78, 5) is 114. The molecule has 15 rings (SSSR count). The van der Waals surface area contributed by atoms with E-state index in [1.54, 1.807) is 0 Å². The average molecular weight is 1460 g/mol. The number of carbonyl (C=O) groups excluding carboxylic acids is 7. The normalized spacial score (nSPS) is 49.6. The molecule has 1 amide bonds. The van der Waals surface area contributed by atoms with Crippen LogP contribution in [0, 0.1) is 187 Å². The van der Waals surface area contributed by atoms with Gasteiger partial charge in [-0.15, -0.1) is 0 Å². The second-order valence-corrected chi connectivity index (χ2v) is 43.6. The van der Waals surface area contributed by atoms with Gasteiger partial charge in [0.25, 0.3) is 0 Å². The summed E-state index contributed by atoms with van der Waals surface area (Å²) < 4.78 is 0. The Morgan fingerprint density at radius 3 is 1.07 bits per heavy atom. The van der Waals surface area contributed by atoms with E-state index in [2.05, 4.69) is 112 Å². The molecule has 0 aromatic heterocycles. The molecule has 0 bridgehead atoms. The minimum Gasteiger partial charge on any atom is -0.481 e. The summed E-state index contributed by atoms with van der Waals surface area (Å²) in [6.45, 7) is 60.6. The number of carboxylic acid groups (broad SMARTS) is 1. The van der Waals surface area contributed by atoms with Gasteiger partial charge in [0.15, 0.2) is 34.7 Å². The third kappa shape index (κ3) is 10.1. The zero-order chi connectivity index (χ0) is 79.2. The molecule has 0 aromatic carbocycles. The van der Waals surface area contributed by atoms with Crippen LogP contribution < -0.4 is 5.73 Å². The molecule has 9 saturated carbocycles. The molecule has 3 N–H and O–H groups in total. The van der Waals surface area contributed by atoms with Gasteiger partial charge in [-0.3, -0.25) is 28.8 Å². The Morgan fingerprint density at radius 1 is 0.430 bits per heavy atom. The van der Waals surface area contributed by atoms with Crippen molar-refractivity contribution >= 4 is 46.6 Å². The third-order valence-corrected chi connectivity index (χ3v) is 37.5. The van der Waals surface area contributed by atoms with Crippen molar-refractivity contribution in [1.82, 2.24) is 0 Å². The minimum absolute atomic E-state index is 0.0198. The number of hydrogen-bond acceptors (Lipinski definition) is 10. The van der Waals surface area contributed by atoms with Crippen LogP contribution in [0.5, 0.6) is 0 Å². The quantitative estimate of drug-likeness (QED) is 0.246. The van der Waals surface area contributed by atoms with Gasteiger partial charge in [0.1, 0.15) is 6.07 Å². The molecule has 107 heavy (non-hydrogen) atoms. The van der Waals surface area contributed by atoms with Crippen molar-refractivity contribution in [3.8, 4) is 12.1 Å².